The summed E-state index contributed by atoms with van der Waals surface area (Å²) in [6.45, 7) is 1.49. The van der Waals surface area contributed by atoms with Crippen molar-refractivity contribution in [2.24, 2.45) is 0 Å². The third kappa shape index (κ3) is 4.52. The number of hydrogen-bond donors (Lipinski definition) is 1. The summed E-state index contributed by atoms with van der Waals surface area (Å²) in [4.78, 5) is 22.1. The Labute approximate surface area is 110 Å². The van der Waals surface area contributed by atoms with Crippen molar-refractivity contribution in [3.63, 3.8) is 0 Å². The first-order valence-electron chi connectivity index (χ1n) is 5.14. The molecule has 0 saturated carbocycles. The van der Waals surface area contributed by atoms with Crippen LogP contribution in [0.15, 0.2) is 18.2 Å². The molecule has 0 atom stereocenters. The lowest BCUT2D eigenvalue weighted by Crippen LogP contribution is -2.02. The molecule has 0 aliphatic heterocycles. The minimum Gasteiger partial charge on any atom is -0.465 e. The number of rotatable bonds is 2. The molecule has 0 bridgehead atoms. The predicted molar refractivity (Wildman–Crippen MR) is 72.2 cm³/mol. The number of hydrogen-bond acceptors (Lipinski definition) is 5. The third-order valence-corrected chi connectivity index (χ3v) is 2.65. The number of anilines is 1. The van der Waals surface area contributed by atoms with E-state index in [2.05, 4.69) is 16.6 Å². The lowest BCUT2D eigenvalue weighted by atomic mass is 10.1. The molecule has 4 nitrogen and oxygen atoms in total. The highest BCUT2D eigenvalue weighted by Crippen LogP contribution is 2.12. The number of thioether (sulfide) groups is 1. The molecular weight excluding hydrogens is 250 g/mol. The molecule has 0 amide bonds. The summed E-state index contributed by atoms with van der Waals surface area (Å²) in [6.07, 6.45) is 0. The normalized spacial score (nSPS) is 9.22. The van der Waals surface area contributed by atoms with Gasteiger partial charge in [-0.15, -0.1) is 0 Å². The largest absolute Gasteiger partial charge is 0.465 e. The SMILES string of the molecule is COC(=O)c1cc(N)cc(C#CCSC(C)=O)c1. The van der Waals surface area contributed by atoms with Gasteiger partial charge in [-0.1, -0.05) is 23.6 Å². The van der Waals surface area contributed by atoms with Gasteiger partial charge in [-0.05, 0) is 18.2 Å². The molecule has 1 aromatic carbocycles. The van der Waals surface area contributed by atoms with Crippen LogP contribution in [0, 0.1) is 11.8 Å². The fraction of sp³-hybridized carbons (Fsp3) is 0.231. The molecule has 0 heterocycles. The zero-order chi connectivity index (χ0) is 13.5. The number of esters is 1. The topological polar surface area (TPSA) is 69.4 Å². The zero-order valence-electron chi connectivity index (χ0n) is 10.1. The van der Waals surface area contributed by atoms with Gasteiger partial charge in [0, 0.05) is 18.2 Å². The number of benzene rings is 1. The highest BCUT2D eigenvalue weighted by Gasteiger charge is 2.06. The van der Waals surface area contributed by atoms with Crippen molar-refractivity contribution < 1.29 is 14.3 Å². The van der Waals surface area contributed by atoms with Crippen molar-refractivity contribution in [3.05, 3.63) is 29.3 Å². The van der Waals surface area contributed by atoms with Gasteiger partial charge >= 0.3 is 5.97 Å². The highest BCUT2D eigenvalue weighted by atomic mass is 32.2. The monoisotopic (exact) mass is 263 g/mol. The average molecular weight is 263 g/mol. The van der Waals surface area contributed by atoms with Crippen LogP contribution in [-0.2, 0) is 9.53 Å². The van der Waals surface area contributed by atoms with E-state index >= 15 is 0 Å². The summed E-state index contributed by atoms with van der Waals surface area (Å²) in [5.74, 6) is 5.64. The van der Waals surface area contributed by atoms with Gasteiger partial charge in [0.25, 0.3) is 0 Å². The number of ether oxygens (including phenoxy) is 1. The number of nitrogen functional groups attached to an aromatic ring is 1. The summed E-state index contributed by atoms with van der Waals surface area (Å²) in [5, 5.41) is 0.0205. The van der Waals surface area contributed by atoms with Gasteiger partial charge in [-0.25, -0.2) is 4.79 Å². The molecule has 0 radical (unpaired) electrons. The van der Waals surface area contributed by atoms with Crippen LogP contribution in [-0.4, -0.2) is 23.9 Å². The summed E-state index contributed by atoms with van der Waals surface area (Å²) in [5.41, 5.74) is 7.10. The predicted octanol–water partition coefficient (Wildman–Crippen LogP) is 1.69. The highest BCUT2D eigenvalue weighted by molar-refractivity contribution is 8.13. The Morgan fingerprint density at radius 3 is 2.72 bits per heavy atom. The second kappa shape index (κ2) is 6.72. The Hall–Kier alpha value is -1.93. The van der Waals surface area contributed by atoms with Gasteiger partial charge in [0.05, 0.1) is 18.4 Å². The van der Waals surface area contributed by atoms with Crippen LogP contribution in [0.2, 0.25) is 0 Å². The van der Waals surface area contributed by atoms with E-state index in [0.717, 1.165) is 11.8 Å². The van der Waals surface area contributed by atoms with Crippen molar-refractivity contribution >= 4 is 28.5 Å². The summed E-state index contributed by atoms with van der Waals surface area (Å²) < 4.78 is 4.61. The lowest BCUT2D eigenvalue weighted by Gasteiger charge is -2.01. The molecular formula is C13H13NO3S. The van der Waals surface area contributed by atoms with Crippen LogP contribution in [0.25, 0.3) is 0 Å². The van der Waals surface area contributed by atoms with E-state index in [0.29, 0.717) is 22.6 Å². The maximum atomic E-state index is 11.4. The second-order valence-corrected chi connectivity index (χ2v) is 4.57. The molecule has 0 spiro atoms. The molecule has 18 heavy (non-hydrogen) atoms. The molecule has 0 aromatic heterocycles. The van der Waals surface area contributed by atoms with E-state index < -0.39 is 5.97 Å². The first-order valence-corrected chi connectivity index (χ1v) is 6.12. The van der Waals surface area contributed by atoms with E-state index in [4.69, 9.17) is 5.73 Å². The van der Waals surface area contributed by atoms with Crippen LogP contribution in [0.3, 0.4) is 0 Å². The van der Waals surface area contributed by atoms with E-state index in [1.54, 1.807) is 12.1 Å². The minimum absolute atomic E-state index is 0.0205. The Morgan fingerprint density at radius 1 is 1.39 bits per heavy atom. The maximum absolute atomic E-state index is 11.4. The van der Waals surface area contributed by atoms with Crippen LogP contribution in [0.5, 0.6) is 0 Å². The van der Waals surface area contributed by atoms with E-state index in [9.17, 15) is 9.59 Å². The van der Waals surface area contributed by atoms with E-state index in [1.165, 1.54) is 20.1 Å². The van der Waals surface area contributed by atoms with Crippen LogP contribution >= 0.6 is 11.8 Å². The van der Waals surface area contributed by atoms with E-state index in [-0.39, 0.29) is 5.12 Å². The summed E-state index contributed by atoms with van der Waals surface area (Å²) in [7, 11) is 1.31. The van der Waals surface area contributed by atoms with Crippen molar-refractivity contribution in [3.8, 4) is 11.8 Å². The molecule has 0 unspecified atom stereocenters. The van der Waals surface area contributed by atoms with Crippen molar-refractivity contribution in [2.45, 2.75) is 6.92 Å². The fourth-order valence-electron chi connectivity index (χ4n) is 1.24. The minimum atomic E-state index is -0.455. The Balaban J connectivity index is 2.86. The molecule has 5 heteroatoms. The lowest BCUT2D eigenvalue weighted by molar-refractivity contribution is -0.109. The number of carbonyl (C=O) groups is 2. The Bertz CT molecular complexity index is 529. The van der Waals surface area contributed by atoms with Gasteiger partial charge in [0.15, 0.2) is 5.12 Å². The average Bonchev–Trinajstić information content (AvgIpc) is 2.32. The summed E-state index contributed by atoms with van der Waals surface area (Å²) >= 11 is 1.13. The van der Waals surface area contributed by atoms with Crippen LogP contribution in [0.1, 0.15) is 22.8 Å². The third-order valence-electron chi connectivity index (χ3n) is 1.96. The maximum Gasteiger partial charge on any atom is 0.337 e. The van der Waals surface area contributed by atoms with E-state index in [1.807, 2.05) is 0 Å². The molecule has 0 saturated heterocycles. The van der Waals surface area contributed by atoms with Gasteiger partial charge in [0.2, 0.25) is 0 Å². The molecule has 1 rings (SSSR count). The van der Waals surface area contributed by atoms with Crippen molar-refractivity contribution in [1.29, 1.82) is 0 Å². The smallest absolute Gasteiger partial charge is 0.337 e. The second-order valence-electron chi connectivity index (χ2n) is 3.42. The molecule has 1 aromatic rings. The first-order chi connectivity index (χ1) is 8.52. The first kappa shape index (κ1) is 14.1. The fourth-order valence-corrected chi connectivity index (χ4v) is 1.58. The summed E-state index contributed by atoms with van der Waals surface area (Å²) in [6, 6.07) is 4.80. The van der Waals surface area contributed by atoms with Crippen LogP contribution in [0.4, 0.5) is 5.69 Å². The van der Waals surface area contributed by atoms with Gasteiger partial charge in [0.1, 0.15) is 0 Å². The molecule has 94 valence electrons. The Morgan fingerprint density at radius 2 is 2.11 bits per heavy atom. The molecule has 0 fully saturated rings. The number of carbonyl (C=O) groups excluding carboxylic acids is 2. The van der Waals surface area contributed by atoms with Gasteiger partial charge < -0.3 is 10.5 Å². The van der Waals surface area contributed by atoms with Crippen molar-refractivity contribution in [1.82, 2.24) is 0 Å². The van der Waals surface area contributed by atoms with Crippen LogP contribution < -0.4 is 5.73 Å². The molecule has 2 N–H and O–H groups in total. The van der Waals surface area contributed by atoms with Crippen molar-refractivity contribution in [2.75, 3.05) is 18.6 Å². The quantitative estimate of drug-likeness (QED) is 0.499. The molecule has 0 aliphatic carbocycles. The number of nitrogens with two attached hydrogens (primary N) is 1. The van der Waals surface area contributed by atoms with Gasteiger partial charge in [-0.3, -0.25) is 4.79 Å². The number of methoxy groups -OCH3 is 1. The zero-order valence-corrected chi connectivity index (χ0v) is 11.0. The Kier molecular flexibility index (Phi) is 5.28. The standard InChI is InChI=1S/C13H13NO3S/c1-9(15)18-5-3-4-10-6-11(13(16)17-2)8-12(14)7-10/h6-8H,5,14H2,1-2H3. The van der Waals surface area contributed by atoms with Gasteiger partial charge in [-0.2, -0.15) is 0 Å². The molecule has 0 aliphatic rings.